The van der Waals surface area contributed by atoms with Gasteiger partial charge in [-0.25, -0.2) is 0 Å². The van der Waals surface area contributed by atoms with Crippen LogP contribution in [-0.2, 0) is 14.3 Å². The average Bonchev–Trinajstić information content (AvgIpc) is 2.47. The van der Waals surface area contributed by atoms with Gasteiger partial charge in [0, 0.05) is 6.42 Å². The van der Waals surface area contributed by atoms with Crippen molar-refractivity contribution in [1.82, 2.24) is 10.9 Å². The second-order valence-electron chi connectivity index (χ2n) is 8.20. The molecule has 2 N–H and O–H groups in total. The number of hydrogen-bond acceptors (Lipinski definition) is 3. The van der Waals surface area contributed by atoms with Crippen molar-refractivity contribution in [2.75, 3.05) is 6.61 Å². The Labute approximate surface area is 145 Å². The lowest BCUT2D eigenvalue weighted by molar-refractivity contribution is -0.186. The molecule has 0 aromatic carbocycles. The third-order valence-corrected chi connectivity index (χ3v) is 5.89. The van der Waals surface area contributed by atoms with Crippen LogP contribution in [0.25, 0.3) is 0 Å². The number of carbonyl (C=O) groups excluding carboxylic acids is 2. The lowest BCUT2D eigenvalue weighted by atomic mass is 9.49. The number of ether oxygens (including phenoxy) is 1. The monoisotopic (exact) mass is 362 g/mol. The molecule has 0 aromatic rings. The van der Waals surface area contributed by atoms with E-state index in [1.807, 2.05) is 0 Å². The Hall–Kier alpha value is -1.31. The van der Waals surface area contributed by atoms with E-state index in [1.54, 1.807) is 0 Å². The molecule has 0 heterocycles. The maximum atomic E-state index is 12.2. The molecule has 4 aliphatic rings. The first-order chi connectivity index (χ1) is 11.6. The van der Waals surface area contributed by atoms with Crippen LogP contribution >= 0.6 is 0 Å². The van der Waals surface area contributed by atoms with Gasteiger partial charge in [-0.15, -0.1) is 0 Å². The molecule has 4 aliphatic carbocycles. The minimum atomic E-state index is -4.49. The maximum absolute atomic E-state index is 12.2. The molecule has 5 nitrogen and oxygen atoms in total. The maximum Gasteiger partial charge on any atom is 0.411 e. The molecule has 4 saturated carbocycles. The Balaban J connectivity index is 1.43. The van der Waals surface area contributed by atoms with E-state index in [9.17, 15) is 22.8 Å². The molecular formula is C17H25F3N2O3. The van der Waals surface area contributed by atoms with Gasteiger partial charge in [-0.05, 0) is 68.6 Å². The Kier molecular flexibility index (Phi) is 5.01. The first kappa shape index (κ1) is 18.5. The highest BCUT2D eigenvalue weighted by Gasteiger charge is 2.51. The van der Waals surface area contributed by atoms with Crippen LogP contribution in [0.5, 0.6) is 0 Å². The molecule has 0 saturated heterocycles. The highest BCUT2D eigenvalue weighted by Crippen LogP contribution is 2.61. The van der Waals surface area contributed by atoms with Crippen LogP contribution in [0.15, 0.2) is 0 Å². The van der Waals surface area contributed by atoms with Crippen molar-refractivity contribution < 1.29 is 27.5 Å². The molecular weight excluding hydrogens is 337 g/mol. The van der Waals surface area contributed by atoms with Gasteiger partial charge >= 0.3 is 6.18 Å². The lowest BCUT2D eigenvalue weighted by Crippen LogP contribution is -2.51. The predicted octanol–water partition coefficient (Wildman–Crippen LogP) is 2.71. The molecule has 4 rings (SSSR count). The molecule has 2 amide bonds. The zero-order chi connectivity index (χ0) is 18.2. The third kappa shape index (κ3) is 4.65. The van der Waals surface area contributed by atoms with Crippen molar-refractivity contribution in [1.29, 1.82) is 0 Å². The average molecular weight is 362 g/mol. The van der Waals surface area contributed by atoms with E-state index in [2.05, 4.69) is 15.6 Å². The number of nitrogens with one attached hydrogen (secondary N) is 2. The Morgan fingerprint density at radius 3 is 2.08 bits per heavy atom. The summed E-state index contributed by atoms with van der Waals surface area (Å²) in [6.45, 7) is -0.283. The van der Waals surface area contributed by atoms with Gasteiger partial charge in [-0.3, -0.25) is 20.4 Å². The van der Waals surface area contributed by atoms with Gasteiger partial charge in [-0.1, -0.05) is 0 Å². The predicted molar refractivity (Wildman–Crippen MR) is 83.0 cm³/mol. The fourth-order valence-corrected chi connectivity index (χ4v) is 5.42. The summed E-state index contributed by atoms with van der Waals surface area (Å²) < 4.78 is 40.7. The summed E-state index contributed by atoms with van der Waals surface area (Å²) in [5.74, 6) is 1.11. The lowest BCUT2D eigenvalue weighted by Gasteiger charge is -2.56. The summed E-state index contributed by atoms with van der Waals surface area (Å²) in [6.07, 6.45) is 1.66. The number of amides is 2. The van der Waals surface area contributed by atoms with Gasteiger partial charge in [0.15, 0.2) is 0 Å². The number of carbonyl (C=O) groups is 2. The van der Waals surface area contributed by atoms with E-state index in [0.717, 1.165) is 37.0 Å². The van der Waals surface area contributed by atoms with Crippen molar-refractivity contribution in [3.8, 4) is 0 Å². The standard InChI is InChI=1S/C17H25F3N2O3/c1-10(25-9-17(18,19)20)15(24)22-21-14(23)8-16-5-11-2-12(6-16)4-13(3-11)7-16/h10-13H,2-9H2,1H3,(H,21,23)(H,22,24). The van der Waals surface area contributed by atoms with Gasteiger partial charge in [0.1, 0.15) is 12.7 Å². The Bertz CT molecular complexity index is 500. The topological polar surface area (TPSA) is 67.4 Å². The normalized spacial score (nSPS) is 34.6. The van der Waals surface area contributed by atoms with Gasteiger partial charge < -0.3 is 4.74 Å². The Morgan fingerprint density at radius 1 is 1.08 bits per heavy atom. The van der Waals surface area contributed by atoms with Gasteiger partial charge in [0.25, 0.3) is 5.91 Å². The van der Waals surface area contributed by atoms with Crippen LogP contribution in [-0.4, -0.2) is 30.7 Å². The van der Waals surface area contributed by atoms with E-state index >= 15 is 0 Å². The van der Waals surface area contributed by atoms with Crippen LogP contribution in [0.3, 0.4) is 0 Å². The SMILES string of the molecule is CC(OCC(F)(F)F)C(=O)NNC(=O)CC12CC3CC(CC(C3)C1)C2. The molecule has 0 radical (unpaired) electrons. The highest BCUT2D eigenvalue weighted by atomic mass is 19.4. The summed E-state index contributed by atoms with van der Waals surface area (Å²) in [5, 5.41) is 0. The molecule has 25 heavy (non-hydrogen) atoms. The van der Waals surface area contributed by atoms with Crippen molar-refractivity contribution in [2.24, 2.45) is 23.2 Å². The molecule has 142 valence electrons. The smallest absolute Gasteiger partial charge is 0.359 e. The van der Waals surface area contributed by atoms with E-state index in [1.165, 1.54) is 26.2 Å². The van der Waals surface area contributed by atoms with Crippen LogP contribution in [0, 0.1) is 23.2 Å². The van der Waals surface area contributed by atoms with Gasteiger partial charge in [0.2, 0.25) is 5.91 Å². The van der Waals surface area contributed by atoms with Crippen molar-refractivity contribution in [3.63, 3.8) is 0 Å². The zero-order valence-corrected chi connectivity index (χ0v) is 14.3. The summed E-state index contributed by atoms with van der Waals surface area (Å²) in [5.41, 5.74) is 4.55. The number of halogens is 3. The van der Waals surface area contributed by atoms with Crippen LogP contribution in [0.1, 0.15) is 51.9 Å². The molecule has 4 fully saturated rings. The summed E-state index contributed by atoms with van der Waals surface area (Å²) in [7, 11) is 0. The zero-order valence-electron chi connectivity index (χ0n) is 14.3. The Morgan fingerprint density at radius 2 is 1.60 bits per heavy atom. The second-order valence-corrected chi connectivity index (χ2v) is 8.20. The van der Waals surface area contributed by atoms with E-state index < -0.39 is 24.8 Å². The molecule has 0 aromatic heterocycles. The summed E-state index contributed by atoms with van der Waals surface area (Å²) in [6, 6.07) is 0. The van der Waals surface area contributed by atoms with E-state index in [-0.39, 0.29) is 11.3 Å². The molecule has 1 atom stereocenters. The first-order valence-electron chi connectivity index (χ1n) is 8.91. The number of hydrazine groups is 1. The number of hydrogen-bond donors (Lipinski definition) is 2. The minimum absolute atomic E-state index is 0.0436. The molecule has 1 unspecified atom stereocenters. The molecule has 0 aliphatic heterocycles. The van der Waals surface area contributed by atoms with Crippen molar-refractivity contribution >= 4 is 11.8 Å². The van der Waals surface area contributed by atoms with Crippen LogP contribution in [0.2, 0.25) is 0 Å². The first-order valence-corrected chi connectivity index (χ1v) is 8.91. The van der Waals surface area contributed by atoms with Crippen molar-refractivity contribution in [2.45, 2.75) is 64.1 Å². The largest absolute Gasteiger partial charge is 0.411 e. The highest BCUT2D eigenvalue weighted by molar-refractivity contribution is 5.84. The third-order valence-electron chi connectivity index (χ3n) is 5.89. The minimum Gasteiger partial charge on any atom is -0.359 e. The summed E-state index contributed by atoms with van der Waals surface area (Å²) >= 11 is 0. The van der Waals surface area contributed by atoms with E-state index in [4.69, 9.17) is 0 Å². The fraction of sp³-hybridized carbons (Fsp3) is 0.882. The van der Waals surface area contributed by atoms with Crippen molar-refractivity contribution in [3.05, 3.63) is 0 Å². The molecule has 0 spiro atoms. The number of rotatable bonds is 5. The molecule has 8 heteroatoms. The second kappa shape index (κ2) is 6.78. The molecule has 4 bridgehead atoms. The van der Waals surface area contributed by atoms with E-state index in [0.29, 0.717) is 6.42 Å². The van der Waals surface area contributed by atoms with Gasteiger partial charge in [-0.2, -0.15) is 13.2 Å². The fourth-order valence-electron chi connectivity index (χ4n) is 5.42. The summed E-state index contributed by atoms with van der Waals surface area (Å²) in [4.78, 5) is 23.9. The van der Waals surface area contributed by atoms with Gasteiger partial charge in [0.05, 0.1) is 0 Å². The quantitative estimate of drug-likeness (QED) is 0.739. The number of alkyl halides is 3. The van der Waals surface area contributed by atoms with Crippen LogP contribution < -0.4 is 10.9 Å². The van der Waals surface area contributed by atoms with Crippen LogP contribution in [0.4, 0.5) is 13.2 Å².